The van der Waals surface area contributed by atoms with E-state index in [1.165, 1.54) is 295 Å². The van der Waals surface area contributed by atoms with Gasteiger partial charge in [-0.2, -0.15) is 0 Å². The van der Waals surface area contributed by atoms with Gasteiger partial charge in [0.15, 0.2) is 12.4 Å². The number of hydrogen-bond donors (Lipinski definition) is 0. The molecule has 532 valence electrons. The van der Waals surface area contributed by atoms with Crippen molar-refractivity contribution in [1.29, 1.82) is 0 Å². The second-order valence-corrected chi connectivity index (χ2v) is 28.0. The second-order valence-electron chi connectivity index (χ2n) is 28.0. The quantitative estimate of drug-likeness (QED) is 0.0195. The zero-order valence-corrected chi connectivity index (χ0v) is 61.0. The van der Waals surface area contributed by atoms with Gasteiger partial charge in [-0.15, -0.1) is 0 Å². The molecule has 0 aliphatic heterocycles. The normalized spacial score (nSPS) is 12.9. The van der Waals surface area contributed by atoms with Gasteiger partial charge in [-0.3, -0.25) is 9.59 Å². The third-order valence-electron chi connectivity index (χ3n) is 17.7. The van der Waals surface area contributed by atoms with Crippen LogP contribution in [0.1, 0.15) is 386 Å². The molecule has 0 bridgehead atoms. The van der Waals surface area contributed by atoms with Crippen LogP contribution in [-0.4, -0.2) is 82.3 Å². The van der Waals surface area contributed by atoms with E-state index in [0.29, 0.717) is 23.9 Å². The van der Waals surface area contributed by atoms with Gasteiger partial charge in [0.1, 0.15) is 13.2 Å². The van der Waals surface area contributed by atoms with Crippen molar-refractivity contribution in [2.24, 2.45) is 0 Å². The molecule has 0 aromatic heterocycles. The summed E-state index contributed by atoms with van der Waals surface area (Å²) in [6.45, 7) is 4.70. The van der Waals surface area contributed by atoms with Crippen LogP contribution in [0.15, 0.2) is 60.8 Å². The van der Waals surface area contributed by atoms with Gasteiger partial charge < -0.3 is 33.3 Å². The third kappa shape index (κ3) is 74.3. The van der Waals surface area contributed by atoms with E-state index in [0.717, 1.165) is 57.8 Å². The molecule has 0 saturated carbocycles. The van der Waals surface area contributed by atoms with Crippen LogP contribution in [0.3, 0.4) is 0 Å². The van der Waals surface area contributed by atoms with Crippen molar-refractivity contribution in [3.63, 3.8) is 0 Å². The number of allylic oxidation sites excluding steroid dienone is 10. The average Bonchev–Trinajstić information content (AvgIpc) is 3.46. The van der Waals surface area contributed by atoms with Crippen molar-refractivity contribution in [1.82, 2.24) is 0 Å². The van der Waals surface area contributed by atoms with E-state index in [9.17, 15) is 19.5 Å². The number of esters is 2. The molecule has 0 amide bonds. The van der Waals surface area contributed by atoms with Crippen LogP contribution in [0.25, 0.3) is 0 Å². The van der Waals surface area contributed by atoms with E-state index in [4.69, 9.17) is 18.9 Å². The maximum absolute atomic E-state index is 13.0. The largest absolute Gasteiger partial charge is 0.545 e. The highest BCUT2D eigenvalue weighted by molar-refractivity contribution is 5.70. The fourth-order valence-electron chi connectivity index (χ4n) is 11.8. The second kappa shape index (κ2) is 72.8. The molecule has 0 aliphatic carbocycles. The highest BCUT2D eigenvalue weighted by Gasteiger charge is 2.22. The molecule has 0 aromatic carbocycles. The molecule has 0 aliphatic rings. The van der Waals surface area contributed by atoms with Crippen molar-refractivity contribution in [3.05, 3.63) is 60.8 Å². The smallest absolute Gasteiger partial charge is 0.306 e. The van der Waals surface area contributed by atoms with Crippen molar-refractivity contribution in [2.75, 3.05) is 47.5 Å². The molecule has 2 atom stereocenters. The highest BCUT2D eigenvalue weighted by Crippen LogP contribution is 2.19. The first kappa shape index (κ1) is 88.0. The summed E-state index contributed by atoms with van der Waals surface area (Å²) in [7, 11) is 5.94. The summed E-state index contributed by atoms with van der Waals surface area (Å²) >= 11 is 0. The number of carbonyl (C=O) groups excluding carboxylic acids is 3. The highest BCUT2D eigenvalue weighted by atomic mass is 16.7. The first-order valence-electron chi connectivity index (χ1n) is 39.4. The summed E-state index contributed by atoms with van der Waals surface area (Å²) in [5.74, 6) is -2.26. The molecule has 0 rings (SSSR count). The Morgan fingerprint density at radius 2 is 0.626 bits per heavy atom. The molecule has 0 aromatic rings. The van der Waals surface area contributed by atoms with E-state index in [1.54, 1.807) is 0 Å². The van der Waals surface area contributed by atoms with Gasteiger partial charge in [0, 0.05) is 12.8 Å². The van der Waals surface area contributed by atoms with Crippen LogP contribution in [0.2, 0.25) is 0 Å². The minimum atomic E-state index is -1.62. The van der Waals surface area contributed by atoms with Gasteiger partial charge in [-0.05, 0) is 77.0 Å². The Morgan fingerprint density at radius 3 is 0.945 bits per heavy atom. The van der Waals surface area contributed by atoms with Gasteiger partial charge in [0.05, 0.1) is 40.3 Å². The number of quaternary nitrogens is 1. The molecule has 9 heteroatoms. The Bertz CT molecular complexity index is 1680. The van der Waals surface area contributed by atoms with Crippen molar-refractivity contribution in [2.45, 2.75) is 399 Å². The molecule has 0 fully saturated rings. The Morgan fingerprint density at radius 1 is 0.341 bits per heavy atom. The van der Waals surface area contributed by atoms with E-state index >= 15 is 0 Å². The monoisotopic (exact) mass is 1280 g/mol. The molecular formula is C82H151NO8. The maximum Gasteiger partial charge on any atom is 0.306 e. The summed E-state index contributed by atoms with van der Waals surface area (Å²) < 4.78 is 22.9. The molecule has 91 heavy (non-hydrogen) atoms. The van der Waals surface area contributed by atoms with Crippen molar-refractivity contribution in [3.8, 4) is 0 Å². The first-order chi connectivity index (χ1) is 44.6. The zero-order valence-electron chi connectivity index (χ0n) is 61.0. The van der Waals surface area contributed by atoms with Crippen LogP contribution in [0.5, 0.6) is 0 Å². The summed E-state index contributed by atoms with van der Waals surface area (Å²) in [6.07, 6.45) is 93.5. The Balaban J connectivity index is 3.95. The average molecular weight is 1280 g/mol. The van der Waals surface area contributed by atoms with Gasteiger partial charge in [0.2, 0.25) is 0 Å². The van der Waals surface area contributed by atoms with E-state index in [1.807, 2.05) is 21.1 Å². The predicted molar refractivity (Wildman–Crippen MR) is 389 cm³/mol. The van der Waals surface area contributed by atoms with Crippen LogP contribution in [0, 0.1) is 0 Å². The van der Waals surface area contributed by atoms with Gasteiger partial charge >= 0.3 is 11.9 Å². The third-order valence-corrected chi connectivity index (χ3v) is 17.7. The van der Waals surface area contributed by atoms with Crippen LogP contribution in [0.4, 0.5) is 0 Å². The van der Waals surface area contributed by atoms with E-state index in [2.05, 4.69) is 74.6 Å². The molecule has 9 nitrogen and oxygen atoms in total. The lowest BCUT2D eigenvalue weighted by Crippen LogP contribution is -2.44. The number of aliphatic carboxylic acids is 1. The van der Waals surface area contributed by atoms with Crippen molar-refractivity contribution < 1.29 is 42.9 Å². The number of likely N-dealkylation sites (N-methyl/N-ethyl adjacent to an activating group) is 1. The zero-order chi connectivity index (χ0) is 66.1. The first-order valence-corrected chi connectivity index (χ1v) is 39.4. The number of carbonyl (C=O) groups is 3. The molecule has 2 unspecified atom stereocenters. The van der Waals surface area contributed by atoms with Crippen LogP contribution in [-0.2, 0) is 33.3 Å². The number of ether oxygens (including phenoxy) is 4. The Kier molecular flexibility index (Phi) is 70.4. The minimum Gasteiger partial charge on any atom is -0.545 e. The topological polar surface area (TPSA) is 111 Å². The summed E-state index contributed by atoms with van der Waals surface area (Å²) in [6, 6.07) is 0. The molecular weight excluding hydrogens is 1130 g/mol. The number of carboxylic acid groups (broad SMARTS) is 1. The van der Waals surface area contributed by atoms with Gasteiger partial charge in [0.25, 0.3) is 0 Å². The maximum atomic E-state index is 13.0. The fourth-order valence-corrected chi connectivity index (χ4v) is 11.8. The standard InChI is InChI=1S/C82H151NO8/c1-6-8-10-12-14-16-18-20-22-24-26-28-30-32-34-35-36-37-38-39-40-41-42-43-44-45-47-48-50-52-54-56-58-60-62-64-66-68-70-72-79(84)89-76-78(77-90-82(81(86)87)88-75-74-83(3,4)5)91-80(85)73-71-69-67-65-63-61-59-57-55-53-51-49-46-33-31-29-27-25-23-21-19-17-15-13-11-9-7-2/h9,11,15,17,21,23-24,26-27,29,78,82H,6-8,10,12-14,16,18-20,22,25,28,30-77H2,1-5H3/b11-9-,17-15-,23-21-,26-24-,29-27-. The summed E-state index contributed by atoms with van der Waals surface area (Å²) in [4.78, 5) is 37.6. The summed E-state index contributed by atoms with van der Waals surface area (Å²) in [5.41, 5.74) is 0. The summed E-state index contributed by atoms with van der Waals surface area (Å²) in [5, 5.41) is 11.8. The van der Waals surface area contributed by atoms with Crippen molar-refractivity contribution >= 4 is 17.9 Å². The fraction of sp³-hybridized carbons (Fsp3) is 0.841. The lowest BCUT2D eigenvalue weighted by atomic mass is 10.0. The van der Waals surface area contributed by atoms with Crippen LogP contribution < -0.4 is 5.11 Å². The lowest BCUT2D eigenvalue weighted by molar-refractivity contribution is -0.870. The number of unbranched alkanes of at least 4 members (excludes halogenated alkanes) is 49. The molecule has 0 saturated heterocycles. The van der Waals surface area contributed by atoms with E-state index in [-0.39, 0.29) is 32.2 Å². The SMILES string of the molecule is CC/C=C\C/C=C\C/C=C\C/C=C\CCCCCCCCCCCCCCCCC(=O)OC(COC(=O)CCCCCCCCCCCCCCCCCCCCCCCCCCCCC/C=C\CCCCCCCCCC)COC(OCC[N+](C)(C)C)C(=O)[O-]. The number of hydrogen-bond acceptors (Lipinski definition) is 8. The Hall–Kier alpha value is -3.01. The molecule has 0 heterocycles. The molecule has 0 spiro atoms. The van der Waals surface area contributed by atoms with Crippen LogP contribution >= 0.6 is 0 Å². The number of rotatable bonds is 74. The molecule has 0 radical (unpaired) electrons. The number of nitrogens with zero attached hydrogens (tertiary/aromatic N) is 1. The number of carboxylic acids is 1. The van der Waals surface area contributed by atoms with Gasteiger partial charge in [-0.1, -0.05) is 357 Å². The Labute approximate surface area is 565 Å². The predicted octanol–water partition coefficient (Wildman–Crippen LogP) is 23.7. The van der Waals surface area contributed by atoms with Gasteiger partial charge in [-0.25, -0.2) is 0 Å². The molecule has 0 N–H and O–H groups in total. The van der Waals surface area contributed by atoms with E-state index < -0.39 is 24.3 Å². The minimum absolute atomic E-state index is 0.149. The lowest BCUT2D eigenvalue weighted by Gasteiger charge is -2.26.